The lowest BCUT2D eigenvalue weighted by molar-refractivity contribution is 0.00631. The van der Waals surface area contributed by atoms with E-state index >= 15 is 0 Å². The minimum atomic E-state index is 0.411. The summed E-state index contributed by atoms with van der Waals surface area (Å²) in [6, 6.07) is 8.72. The van der Waals surface area contributed by atoms with Crippen molar-refractivity contribution < 1.29 is 4.74 Å². The minimum Gasteiger partial charge on any atom is -0.377 e. The molecule has 1 fully saturated rings. The first-order chi connectivity index (χ1) is 7.86. The van der Waals surface area contributed by atoms with Gasteiger partial charge in [-0.25, -0.2) is 0 Å². The van der Waals surface area contributed by atoms with Crippen molar-refractivity contribution in [2.75, 3.05) is 6.61 Å². The molecule has 84 valence electrons. The van der Waals surface area contributed by atoms with Gasteiger partial charge in [0.05, 0.1) is 6.10 Å². The number of fused-ring (bicyclic) bond motifs is 1. The predicted molar refractivity (Wildman–Crippen MR) is 66.4 cm³/mol. The molecule has 1 nitrogen and oxygen atoms in total. The van der Waals surface area contributed by atoms with E-state index in [0.29, 0.717) is 12.0 Å². The minimum absolute atomic E-state index is 0.411. The van der Waals surface area contributed by atoms with Crippen LogP contribution in [0.3, 0.4) is 0 Å². The van der Waals surface area contributed by atoms with E-state index in [1.165, 1.54) is 36.0 Å². The largest absolute Gasteiger partial charge is 0.377 e. The summed E-state index contributed by atoms with van der Waals surface area (Å²) in [5.74, 6) is 0.511. The van der Waals surface area contributed by atoms with Gasteiger partial charge in [-0.2, -0.15) is 0 Å². The molecule has 2 atom stereocenters. The van der Waals surface area contributed by atoms with Gasteiger partial charge in [-0.1, -0.05) is 35.9 Å². The van der Waals surface area contributed by atoms with Gasteiger partial charge >= 0.3 is 0 Å². The summed E-state index contributed by atoms with van der Waals surface area (Å²) < 4.78 is 5.95. The van der Waals surface area contributed by atoms with E-state index in [1.54, 1.807) is 0 Å². The molecule has 1 aromatic carbocycles. The van der Waals surface area contributed by atoms with E-state index in [4.69, 9.17) is 4.74 Å². The summed E-state index contributed by atoms with van der Waals surface area (Å²) in [6.45, 7) is 3.18. The molecule has 1 aliphatic carbocycles. The van der Waals surface area contributed by atoms with Crippen molar-refractivity contribution in [1.29, 1.82) is 0 Å². The molecule has 1 aliphatic heterocycles. The van der Waals surface area contributed by atoms with E-state index in [-0.39, 0.29) is 0 Å². The topological polar surface area (TPSA) is 9.23 Å². The van der Waals surface area contributed by atoms with Gasteiger partial charge in [0.2, 0.25) is 0 Å². The smallest absolute Gasteiger partial charge is 0.0681 e. The van der Waals surface area contributed by atoms with Crippen LogP contribution in [0.5, 0.6) is 0 Å². The Bertz CT molecular complexity index is 413. The van der Waals surface area contributed by atoms with E-state index < -0.39 is 0 Å². The van der Waals surface area contributed by atoms with Gasteiger partial charge in [0, 0.05) is 12.5 Å². The fourth-order valence-electron chi connectivity index (χ4n) is 3.03. The molecule has 0 amide bonds. The third-order valence-electron chi connectivity index (χ3n) is 3.79. The Kier molecular flexibility index (Phi) is 2.56. The Morgan fingerprint density at radius 2 is 2.06 bits per heavy atom. The van der Waals surface area contributed by atoms with Crippen LogP contribution < -0.4 is 0 Å². The zero-order valence-electron chi connectivity index (χ0n) is 9.78. The van der Waals surface area contributed by atoms with Gasteiger partial charge < -0.3 is 4.74 Å². The van der Waals surface area contributed by atoms with Crippen LogP contribution >= 0.6 is 0 Å². The number of rotatable bonds is 1. The van der Waals surface area contributed by atoms with Crippen molar-refractivity contribution in [3.63, 3.8) is 0 Å². The van der Waals surface area contributed by atoms with E-state index in [1.807, 2.05) is 0 Å². The quantitative estimate of drug-likeness (QED) is 0.691. The molecule has 0 aromatic heterocycles. The maximum atomic E-state index is 5.95. The van der Waals surface area contributed by atoms with Crippen LogP contribution in [0.4, 0.5) is 0 Å². The second-order valence-electron chi connectivity index (χ2n) is 4.90. The molecule has 1 heterocycles. The molecule has 2 unspecified atom stereocenters. The summed E-state index contributed by atoms with van der Waals surface area (Å²) >= 11 is 0. The fourth-order valence-corrected chi connectivity index (χ4v) is 3.03. The van der Waals surface area contributed by atoms with Crippen molar-refractivity contribution in [3.05, 3.63) is 41.0 Å². The van der Waals surface area contributed by atoms with Crippen molar-refractivity contribution in [1.82, 2.24) is 0 Å². The molecule has 1 aromatic rings. The van der Waals surface area contributed by atoms with Crippen LogP contribution in [0.25, 0.3) is 6.08 Å². The van der Waals surface area contributed by atoms with Crippen LogP contribution in [-0.4, -0.2) is 12.7 Å². The first kappa shape index (κ1) is 10.1. The Morgan fingerprint density at radius 1 is 1.19 bits per heavy atom. The highest BCUT2D eigenvalue weighted by Gasteiger charge is 2.31. The Morgan fingerprint density at radius 3 is 2.88 bits per heavy atom. The normalized spacial score (nSPS) is 28.7. The monoisotopic (exact) mass is 214 g/mol. The first-order valence-electron chi connectivity index (χ1n) is 6.25. The predicted octanol–water partition coefficient (Wildman–Crippen LogP) is 3.76. The zero-order valence-corrected chi connectivity index (χ0v) is 9.78. The Labute approximate surface area is 97.1 Å². The number of hydrogen-bond donors (Lipinski definition) is 0. The number of ether oxygens (including phenoxy) is 1. The van der Waals surface area contributed by atoms with Crippen molar-refractivity contribution in [2.24, 2.45) is 0 Å². The highest BCUT2D eigenvalue weighted by Crippen LogP contribution is 2.41. The molecule has 0 N–H and O–H groups in total. The Balaban J connectivity index is 1.93. The van der Waals surface area contributed by atoms with Crippen molar-refractivity contribution in [2.45, 2.75) is 38.2 Å². The van der Waals surface area contributed by atoms with Crippen molar-refractivity contribution >= 4 is 6.08 Å². The lowest BCUT2D eigenvalue weighted by Gasteiger charge is -2.29. The molecule has 0 saturated carbocycles. The summed E-state index contributed by atoms with van der Waals surface area (Å²) in [5.41, 5.74) is 4.32. The molecular weight excluding hydrogens is 196 g/mol. The average molecular weight is 214 g/mol. The molecule has 0 radical (unpaired) electrons. The summed E-state index contributed by atoms with van der Waals surface area (Å²) in [5, 5.41) is 0. The number of hydrogen-bond acceptors (Lipinski definition) is 1. The van der Waals surface area contributed by atoms with Crippen LogP contribution in [0.2, 0.25) is 0 Å². The molecule has 1 saturated heterocycles. The second-order valence-corrected chi connectivity index (χ2v) is 4.90. The summed E-state index contributed by atoms with van der Waals surface area (Å²) in [6.07, 6.45) is 6.49. The fraction of sp³-hybridized carbons (Fsp3) is 0.467. The second kappa shape index (κ2) is 4.06. The van der Waals surface area contributed by atoms with Crippen LogP contribution in [-0.2, 0) is 4.74 Å². The van der Waals surface area contributed by atoms with Gasteiger partial charge in [0.1, 0.15) is 0 Å². The molecule has 16 heavy (non-hydrogen) atoms. The molecular formula is C15H18O. The zero-order chi connectivity index (χ0) is 11.0. The third kappa shape index (κ3) is 1.60. The van der Waals surface area contributed by atoms with Gasteiger partial charge in [-0.15, -0.1) is 0 Å². The van der Waals surface area contributed by atoms with E-state index in [2.05, 4.69) is 37.3 Å². The van der Waals surface area contributed by atoms with Crippen molar-refractivity contribution in [3.8, 4) is 0 Å². The van der Waals surface area contributed by atoms with Gasteiger partial charge in [0.25, 0.3) is 0 Å². The maximum Gasteiger partial charge on any atom is 0.0681 e. The molecule has 3 rings (SSSR count). The SMILES string of the molecule is CC1=Cc2ccccc2C1C1CCCCO1. The average Bonchev–Trinajstić information content (AvgIpc) is 2.66. The Hall–Kier alpha value is -1.08. The highest BCUT2D eigenvalue weighted by atomic mass is 16.5. The van der Waals surface area contributed by atoms with E-state index in [9.17, 15) is 0 Å². The lowest BCUT2D eigenvalue weighted by Crippen LogP contribution is -2.26. The third-order valence-corrected chi connectivity index (χ3v) is 3.79. The van der Waals surface area contributed by atoms with Gasteiger partial charge in [-0.05, 0) is 37.3 Å². The van der Waals surface area contributed by atoms with Crippen LogP contribution in [0.1, 0.15) is 43.2 Å². The standard InChI is InChI=1S/C15H18O/c1-11-10-12-6-2-3-7-13(12)15(11)14-8-4-5-9-16-14/h2-3,6-7,10,14-15H,4-5,8-9H2,1H3. The molecule has 0 spiro atoms. The summed E-state index contributed by atoms with van der Waals surface area (Å²) in [7, 11) is 0. The maximum absolute atomic E-state index is 5.95. The number of benzene rings is 1. The summed E-state index contributed by atoms with van der Waals surface area (Å²) in [4.78, 5) is 0. The van der Waals surface area contributed by atoms with Crippen LogP contribution in [0, 0.1) is 0 Å². The van der Waals surface area contributed by atoms with Gasteiger partial charge in [-0.3, -0.25) is 0 Å². The molecule has 0 bridgehead atoms. The molecule has 2 aliphatic rings. The highest BCUT2D eigenvalue weighted by molar-refractivity contribution is 5.66. The lowest BCUT2D eigenvalue weighted by atomic mass is 9.87. The molecule has 1 heteroatoms. The first-order valence-corrected chi connectivity index (χ1v) is 6.25. The van der Waals surface area contributed by atoms with Crippen LogP contribution in [0.15, 0.2) is 29.8 Å². The van der Waals surface area contributed by atoms with Gasteiger partial charge in [0.15, 0.2) is 0 Å². The van der Waals surface area contributed by atoms with E-state index in [0.717, 1.165) is 6.61 Å².